The molecule has 2 N–H and O–H groups in total. The van der Waals surface area contributed by atoms with Crippen molar-refractivity contribution in [3.05, 3.63) is 78.1 Å². The van der Waals surface area contributed by atoms with E-state index in [2.05, 4.69) is 20.3 Å². The molecule has 1 amide bonds. The van der Waals surface area contributed by atoms with E-state index in [1.165, 1.54) is 0 Å². The lowest BCUT2D eigenvalue weighted by molar-refractivity contribution is 0.102. The molecule has 5 rings (SSSR count). The lowest BCUT2D eigenvalue weighted by atomic mass is 10.1. The minimum Gasteiger partial charge on any atom is -0.460 e. The maximum Gasteiger partial charge on any atom is 0.258 e. The van der Waals surface area contributed by atoms with Crippen molar-refractivity contribution in [2.45, 2.75) is 6.92 Å². The zero-order valence-electron chi connectivity index (χ0n) is 15.1. The smallest absolute Gasteiger partial charge is 0.258 e. The van der Waals surface area contributed by atoms with Gasteiger partial charge in [0.25, 0.3) is 5.91 Å². The first-order chi connectivity index (χ1) is 13.7. The van der Waals surface area contributed by atoms with Crippen molar-refractivity contribution in [1.29, 1.82) is 0 Å². The summed E-state index contributed by atoms with van der Waals surface area (Å²) in [4.78, 5) is 25.2. The maximum absolute atomic E-state index is 13.1. The molecule has 6 nitrogen and oxygen atoms in total. The standard InChI is InChI=1S/C22H16N4O2/c1-13-10-11-20(28-13)19-12-15(14-6-2-3-7-16(14)23-19)21(27)26-22-24-17-8-4-5-9-18(17)25-22/h2-12H,1H3,(H2,24,25,26,27). The van der Waals surface area contributed by atoms with Crippen molar-refractivity contribution in [2.24, 2.45) is 0 Å². The summed E-state index contributed by atoms with van der Waals surface area (Å²) < 4.78 is 5.70. The van der Waals surface area contributed by atoms with E-state index in [1.54, 1.807) is 6.07 Å². The normalized spacial score (nSPS) is 11.2. The van der Waals surface area contributed by atoms with Crippen LogP contribution in [0.25, 0.3) is 33.4 Å². The molecule has 0 radical (unpaired) electrons. The first kappa shape index (κ1) is 16.3. The summed E-state index contributed by atoms with van der Waals surface area (Å²) in [5.41, 5.74) is 3.51. The molecular weight excluding hydrogens is 352 g/mol. The van der Waals surface area contributed by atoms with Crippen LogP contribution in [0.5, 0.6) is 0 Å². The number of carbonyl (C=O) groups is 1. The van der Waals surface area contributed by atoms with Gasteiger partial charge < -0.3 is 9.40 Å². The van der Waals surface area contributed by atoms with Gasteiger partial charge in [-0.2, -0.15) is 0 Å². The fourth-order valence-corrected chi connectivity index (χ4v) is 3.25. The number of para-hydroxylation sites is 3. The highest BCUT2D eigenvalue weighted by Gasteiger charge is 2.16. The number of fused-ring (bicyclic) bond motifs is 2. The van der Waals surface area contributed by atoms with E-state index in [1.807, 2.05) is 67.6 Å². The average molecular weight is 368 g/mol. The van der Waals surface area contributed by atoms with E-state index in [-0.39, 0.29) is 5.91 Å². The molecule has 5 aromatic rings. The number of amides is 1. The van der Waals surface area contributed by atoms with E-state index >= 15 is 0 Å². The summed E-state index contributed by atoms with van der Waals surface area (Å²) in [6.07, 6.45) is 0. The van der Waals surface area contributed by atoms with Crippen LogP contribution in [0.4, 0.5) is 5.95 Å². The fraction of sp³-hybridized carbons (Fsp3) is 0.0455. The first-order valence-electron chi connectivity index (χ1n) is 8.90. The second-order valence-electron chi connectivity index (χ2n) is 6.54. The van der Waals surface area contributed by atoms with Crippen molar-refractivity contribution in [2.75, 3.05) is 5.32 Å². The van der Waals surface area contributed by atoms with Crippen LogP contribution < -0.4 is 5.32 Å². The minimum atomic E-state index is -0.262. The van der Waals surface area contributed by atoms with Gasteiger partial charge in [-0.15, -0.1) is 0 Å². The van der Waals surface area contributed by atoms with Gasteiger partial charge in [-0.3, -0.25) is 10.1 Å². The second kappa shape index (κ2) is 6.35. The van der Waals surface area contributed by atoms with Gasteiger partial charge in [0.15, 0.2) is 5.76 Å². The van der Waals surface area contributed by atoms with Gasteiger partial charge in [0.1, 0.15) is 11.5 Å². The molecular formula is C22H16N4O2. The van der Waals surface area contributed by atoms with Gasteiger partial charge in [-0.05, 0) is 43.3 Å². The molecule has 0 spiro atoms. The Bertz CT molecular complexity index is 1300. The molecule has 0 saturated heterocycles. The van der Waals surface area contributed by atoms with Gasteiger partial charge in [-0.1, -0.05) is 30.3 Å². The largest absolute Gasteiger partial charge is 0.460 e. The number of benzene rings is 2. The molecule has 3 aromatic heterocycles. The number of anilines is 1. The zero-order chi connectivity index (χ0) is 19.1. The number of rotatable bonds is 3. The zero-order valence-corrected chi connectivity index (χ0v) is 15.1. The van der Waals surface area contributed by atoms with Crippen molar-refractivity contribution >= 4 is 33.8 Å². The fourth-order valence-electron chi connectivity index (χ4n) is 3.25. The Morgan fingerprint density at radius 3 is 2.54 bits per heavy atom. The maximum atomic E-state index is 13.1. The van der Waals surface area contributed by atoms with Crippen LogP contribution in [-0.4, -0.2) is 20.9 Å². The van der Waals surface area contributed by atoms with Crippen LogP contribution >= 0.6 is 0 Å². The van der Waals surface area contributed by atoms with Crippen LogP contribution in [0.3, 0.4) is 0 Å². The summed E-state index contributed by atoms with van der Waals surface area (Å²) in [6.45, 7) is 1.87. The average Bonchev–Trinajstić information content (AvgIpc) is 3.32. The van der Waals surface area contributed by atoms with Crippen LogP contribution in [0.15, 0.2) is 71.1 Å². The molecule has 0 atom stereocenters. The Kier molecular flexibility index (Phi) is 3.69. The quantitative estimate of drug-likeness (QED) is 0.473. The first-order valence-corrected chi connectivity index (χ1v) is 8.90. The molecule has 0 fully saturated rings. The number of hydrogen-bond donors (Lipinski definition) is 2. The summed E-state index contributed by atoms with van der Waals surface area (Å²) in [5, 5.41) is 3.63. The van der Waals surface area contributed by atoms with Crippen LogP contribution in [0, 0.1) is 6.92 Å². The molecule has 0 saturated carbocycles. The lowest BCUT2D eigenvalue weighted by Gasteiger charge is -2.08. The Morgan fingerprint density at radius 2 is 1.75 bits per heavy atom. The highest BCUT2D eigenvalue weighted by atomic mass is 16.3. The van der Waals surface area contributed by atoms with E-state index < -0.39 is 0 Å². The predicted octanol–water partition coefficient (Wildman–Crippen LogP) is 4.93. The predicted molar refractivity (Wildman–Crippen MR) is 108 cm³/mol. The number of pyridine rings is 1. The van der Waals surface area contributed by atoms with Crippen molar-refractivity contribution < 1.29 is 9.21 Å². The number of furan rings is 1. The van der Waals surface area contributed by atoms with E-state index in [0.29, 0.717) is 23.0 Å². The van der Waals surface area contributed by atoms with Crippen LogP contribution in [-0.2, 0) is 0 Å². The second-order valence-corrected chi connectivity index (χ2v) is 6.54. The molecule has 0 unspecified atom stereocenters. The summed E-state index contributed by atoms with van der Waals surface area (Å²) in [7, 11) is 0. The molecule has 0 bridgehead atoms. The van der Waals surface area contributed by atoms with E-state index in [0.717, 1.165) is 27.7 Å². The number of imidazole rings is 1. The van der Waals surface area contributed by atoms with Gasteiger partial charge in [0.05, 0.1) is 22.1 Å². The Balaban J connectivity index is 1.59. The summed E-state index contributed by atoms with van der Waals surface area (Å²) in [5.74, 6) is 1.56. The third kappa shape index (κ3) is 2.81. The number of aromatic amines is 1. The number of nitrogens with one attached hydrogen (secondary N) is 2. The molecule has 28 heavy (non-hydrogen) atoms. The van der Waals surface area contributed by atoms with Gasteiger partial charge in [-0.25, -0.2) is 9.97 Å². The number of H-pyrrole nitrogens is 1. The SMILES string of the molecule is Cc1ccc(-c2cc(C(=O)Nc3nc4ccccc4[nH]3)c3ccccc3n2)o1. The molecule has 0 aliphatic carbocycles. The Labute approximate surface area is 160 Å². The molecule has 2 aromatic carbocycles. The van der Waals surface area contributed by atoms with Crippen LogP contribution in [0.1, 0.15) is 16.1 Å². The monoisotopic (exact) mass is 368 g/mol. The van der Waals surface area contributed by atoms with Gasteiger partial charge in [0.2, 0.25) is 5.95 Å². The van der Waals surface area contributed by atoms with Gasteiger partial charge in [0, 0.05) is 5.39 Å². The number of carbonyl (C=O) groups excluding carboxylic acids is 1. The van der Waals surface area contributed by atoms with Crippen molar-refractivity contribution in [3.8, 4) is 11.5 Å². The highest BCUT2D eigenvalue weighted by molar-refractivity contribution is 6.12. The van der Waals surface area contributed by atoms with Crippen molar-refractivity contribution in [3.63, 3.8) is 0 Å². The molecule has 0 aliphatic rings. The van der Waals surface area contributed by atoms with E-state index in [9.17, 15) is 4.79 Å². The van der Waals surface area contributed by atoms with Crippen molar-refractivity contribution in [1.82, 2.24) is 15.0 Å². The van der Waals surface area contributed by atoms with Crippen LogP contribution in [0.2, 0.25) is 0 Å². The minimum absolute atomic E-state index is 0.262. The summed E-state index contributed by atoms with van der Waals surface area (Å²) in [6, 6.07) is 20.7. The molecule has 3 heterocycles. The molecule has 136 valence electrons. The third-order valence-electron chi connectivity index (χ3n) is 4.57. The number of hydrogen-bond acceptors (Lipinski definition) is 4. The number of aryl methyl sites for hydroxylation is 1. The molecule has 0 aliphatic heterocycles. The third-order valence-corrected chi connectivity index (χ3v) is 4.57. The molecule has 6 heteroatoms. The lowest BCUT2D eigenvalue weighted by Crippen LogP contribution is -2.14. The Morgan fingerprint density at radius 1 is 0.964 bits per heavy atom. The topological polar surface area (TPSA) is 83.8 Å². The summed E-state index contributed by atoms with van der Waals surface area (Å²) >= 11 is 0. The van der Waals surface area contributed by atoms with Gasteiger partial charge >= 0.3 is 0 Å². The van der Waals surface area contributed by atoms with E-state index in [4.69, 9.17) is 4.42 Å². The highest BCUT2D eigenvalue weighted by Crippen LogP contribution is 2.27. The number of nitrogens with zero attached hydrogens (tertiary/aromatic N) is 2. The Hall–Kier alpha value is -3.93. The number of aromatic nitrogens is 3.